The Morgan fingerprint density at radius 3 is 2.40 bits per heavy atom. The second kappa shape index (κ2) is 10.6. The van der Waals surface area contributed by atoms with Gasteiger partial charge in [-0.05, 0) is 43.9 Å². The molecular formula is C26H31N3O5S. The Balaban J connectivity index is 1.46. The summed E-state index contributed by atoms with van der Waals surface area (Å²) in [5, 5.41) is 3.05. The molecule has 35 heavy (non-hydrogen) atoms. The number of carbonyl (C=O) groups excluding carboxylic acids is 3. The molecule has 1 aliphatic carbocycles. The Morgan fingerprint density at radius 2 is 1.71 bits per heavy atom. The molecule has 0 spiro atoms. The fourth-order valence-corrected chi connectivity index (χ4v) is 6.32. The van der Waals surface area contributed by atoms with Crippen molar-refractivity contribution in [2.45, 2.75) is 62.4 Å². The Hall–Kier alpha value is -3.20. The third kappa shape index (κ3) is 5.40. The normalized spacial score (nSPS) is 17.7. The van der Waals surface area contributed by atoms with Gasteiger partial charge in [0.15, 0.2) is 0 Å². The van der Waals surface area contributed by atoms with Crippen LogP contribution < -0.4 is 5.32 Å². The molecule has 2 aliphatic rings. The quantitative estimate of drug-likeness (QED) is 0.574. The number of hydrogen-bond acceptors (Lipinski definition) is 5. The van der Waals surface area contributed by atoms with E-state index in [1.807, 2.05) is 30.3 Å². The zero-order valence-corrected chi connectivity index (χ0v) is 20.7. The minimum atomic E-state index is -3.99. The van der Waals surface area contributed by atoms with Crippen LogP contribution >= 0.6 is 0 Å². The van der Waals surface area contributed by atoms with Crippen molar-refractivity contribution < 1.29 is 22.8 Å². The lowest BCUT2D eigenvalue weighted by molar-refractivity contribution is -0.140. The minimum Gasteiger partial charge on any atom is -0.352 e. The number of nitrogens with one attached hydrogen (secondary N) is 1. The van der Waals surface area contributed by atoms with Crippen molar-refractivity contribution in [2.24, 2.45) is 0 Å². The zero-order chi connectivity index (χ0) is 25.0. The number of amides is 3. The highest BCUT2D eigenvalue weighted by Gasteiger charge is 2.41. The predicted octanol–water partition coefficient (Wildman–Crippen LogP) is 2.74. The maximum Gasteiger partial charge on any atom is 0.269 e. The van der Waals surface area contributed by atoms with Gasteiger partial charge in [0.1, 0.15) is 10.9 Å². The summed E-state index contributed by atoms with van der Waals surface area (Å²) in [6.07, 6.45) is 4.39. The number of hydrogen-bond donors (Lipinski definition) is 1. The molecule has 0 aromatic heterocycles. The van der Waals surface area contributed by atoms with E-state index >= 15 is 0 Å². The third-order valence-electron chi connectivity index (χ3n) is 6.79. The molecule has 1 N–H and O–H groups in total. The Bertz CT molecular complexity index is 1190. The van der Waals surface area contributed by atoms with Crippen LogP contribution in [0.25, 0.3) is 0 Å². The highest BCUT2D eigenvalue weighted by atomic mass is 32.2. The second-order valence-electron chi connectivity index (χ2n) is 9.12. The highest BCUT2D eigenvalue weighted by Crippen LogP contribution is 2.30. The molecule has 1 saturated carbocycles. The predicted molar refractivity (Wildman–Crippen MR) is 131 cm³/mol. The van der Waals surface area contributed by atoms with Crippen LogP contribution in [0, 0.1) is 0 Å². The van der Waals surface area contributed by atoms with Gasteiger partial charge in [-0.3, -0.25) is 14.4 Å². The average Bonchev–Trinajstić information content (AvgIpc) is 3.43. The summed E-state index contributed by atoms with van der Waals surface area (Å²) in [4.78, 5) is 40.4. The molecule has 2 aromatic rings. The molecule has 0 saturated heterocycles. The molecule has 1 heterocycles. The topological polar surface area (TPSA) is 104 Å². The molecule has 186 valence electrons. The molecule has 1 fully saturated rings. The van der Waals surface area contributed by atoms with Crippen LogP contribution in [0.3, 0.4) is 0 Å². The minimum absolute atomic E-state index is 0.0392. The van der Waals surface area contributed by atoms with Crippen molar-refractivity contribution in [2.75, 3.05) is 13.1 Å². The van der Waals surface area contributed by atoms with E-state index in [0.717, 1.165) is 35.6 Å². The monoisotopic (exact) mass is 497 g/mol. The summed E-state index contributed by atoms with van der Waals surface area (Å²) in [7, 11) is -3.99. The summed E-state index contributed by atoms with van der Waals surface area (Å²) in [6.45, 7) is 1.73. The average molecular weight is 498 g/mol. The molecule has 1 atom stereocenters. The molecule has 9 heteroatoms. The van der Waals surface area contributed by atoms with Crippen LogP contribution in [-0.2, 0) is 26.0 Å². The molecule has 0 bridgehead atoms. The van der Waals surface area contributed by atoms with Gasteiger partial charge in [-0.15, -0.1) is 0 Å². The second-order valence-corrected chi connectivity index (χ2v) is 10.9. The van der Waals surface area contributed by atoms with Crippen molar-refractivity contribution >= 4 is 27.7 Å². The Morgan fingerprint density at radius 1 is 1.06 bits per heavy atom. The third-order valence-corrected chi connectivity index (χ3v) is 8.63. The zero-order valence-electron chi connectivity index (χ0n) is 19.9. The number of benzene rings is 2. The Labute approximate surface area is 206 Å². The fourth-order valence-electron chi connectivity index (χ4n) is 4.76. The summed E-state index contributed by atoms with van der Waals surface area (Å²) in [6, 6.07) is 15.1. The lowest BCUT2D eigenvalue weighted by Gasteiger charge is -2.30. The van der Waals surface area contributed by atoms with Gasteiger partial charge in [-0.2, -0.15) is 0 Å². The van der Waals surface area contributed by atoms with Gasteiger partial charge in [0.05, 0.1) is 5.56 Å². The van der Waals surface area contributed by atoms with Gasteiger partial charge < -0.3 is 10.2 Å². The van der Waals surface area contributed by atoms with Gasteiger partial charge >= 0.3 is 0 Å². The molecule has 3 amide bonds. The molecule has 2 aromatic carbocycles. The van der Waals surface area contributed by atoms with E-state index in [1.165, 1.54) is 17.0 Å². The van der Waals surface area contributed by atoms with Crippen LogP contribution in [0.2, 0.25) is 0 Å². The maximum atomic E-state index is 13.3. The summed E-state index contributed by atoms with van der Waals surface area (Å²) in [5.74, 6) is -1.21. The van der Waals surface area contributed by atoms with Crippen molar-refractivity contribution in [3.8, 4) is 0 Å². The van der Waals surface area contributed by atoms with Crippen LogP contribution in [0.5, 0.6) is 0 Å². The molecule has 4 rings (SSSR count). The van der Waals surface area contributed by atoms with E-state index in [1.54, 1.807) is 19.1 Å². The van der Waals surface area contributed by atoms with E-state index in [9.17, 15) is 22.8 Å². The molecule has 0 unspecified atom stereocenters. The fraction of sp³-hybridized carbons (Fsp3) is 0.423. The maximum absolute atomic E-state index is 13.3. The molecular weight excluding hydrogens is 466 g/mol. The van der Waals surface area contributed by atoms with Gasteiger partial charge in [-0.1, -0.05) is 55.3 Å². The SMILES string of the molecule is C[C@H](C(=O)NC1CCCC1)N(CCc1ccccc1)C(=O)CCN1C(=O)c2ccccc2S1(=O)=O. The number of fused-ring (bicyclic) bond motifs is 1. The number of rotatable bonds is 9. The lowest BCUT2D eigenvalue weighted by atomic mass is 10.1. The number of nitrogens with zero attached hydrogens (tertiary/aromatic N) is 2. The van der Waals surface area contributed by atoms with Crippen LogP contribution in [-0.4, -0.2) is 60.5 Å². The summed E-state index contributed by atoms with van der Waals surface area (Å²) >= 11 is 0. The smallest absolute Gasteiger partial charge is 0.269 e. The van der Waals surface area contributed by atoms with Gasteiger partial charge in [0.25, 0.3) is 15.9 Å². The van der Waals surface area contributed by atoms with Gasteiger partial charge in [0, 0.05) is 25.6 Å². The van der Waals surface area contributed by atoms with Gasteiger partial charge in [0.2, 0.25) is 11.8 Å². The first kappa shape index (κ1) is 24.9. The van der Waals surface area contributed by atoms with E-state index < -0.39 is 22.0 Å². The molecule has 1 aliphatic heterocycles. The van der Waals surface area contributed by atoms with Gasteiger partial charge in [-0.25, -0.2) is 12.7 Å². The first-order valence-electron chi connectivity index (χ1n) is 12.1. The largest absolute Gasteiger partial charge is 0.352 e. The van der Waals surface area contributed by atoms with Crippen molar-refractivity contribution in [3.05, 3.63) is 65.7 Å². The van der Waals surface area contributed by atoms with Crippen LogP contribution in [0.1, 0.15) is 54.9 Å². The van der Waals surface area contributed by atoms with Crippen molar-refractivity contribution in [1.29, 1.82) is 0 Å². The standard InChI is InChI=1S/C26H31N3O5S/c1-19(25(31)27-21-11-5-6-12-21)28(17-15-20-9-3-2-4-10-20)24(30)16-18-29-26(32)22-13-7-8-14-23(22)35(29,33)34/h2-4,7-10,13-14,19,21H,5-6,11-12,15-18H2,1H3,(H,27,31)/t19-/m1/s1. The van der Waals surface area contributed by atoms with E-state index in [2.05, 4.69) is 5.32 Å². The summed E-state index contributed by atoms with van der Waals surface area (Å²) in [5.41, 5.74) is 1.15. The molecule has 8 nitrogen and oxygen atoms in total. The van der Waals surface area contributed by atoms with Crippen molar-refractivity contribution in [1.82, 2.24) is 14.5 Å². The molecule has 0 radical (unpaired) electrons. The van der Waals surface area contributed by atoms with Crippen molar-refractivity contribution in [3.63, 3.8) is 0 Å². The van der Waals surface area contributed by atoms with E-state index in [0.29, 0.717) is 13.0 Å². The Kier molecular flexibility index (Phi) is 7.54. The summed E-state index contributed by atoms with van der Waals surface area (Å²) < 4.78 is 26.4. The highest BCUT2D eigenvalue weighted by molar-refractivity contribution is 7.90. The number of sulfonamides is 1. The lowest BCUT2D eigenvalue weighted by Crippen LogP contribution is -2.51. The van der Waals surface area contributed by atoms with E-state index in [-0.39, 0.29) is 41.3 Å². The van der Waals surface area contributed by atoms with Crippen LogP contribution in [0.15, 0.2) is 59.5 Å². The first-order chi connectivity index (χ1) is 16.8. The van der Waals surface area contributed by atoms with Crippen LogP contribution in [0.4, 0.5) is 0 Å². The first-order valence-corrected chi connectivity index (χ1v) is 13.5. The number of carbonyl (C=O) groups is 3. The van der Waals surface area contributed by atoms with E-state index in [4.69, 9.17) is 0 Å².